The molecule has 0 radical (unpaired) electrons. The van der Waals surface area contributed by atoms with Gasteiger partial charge in [-0.15, -0.1) is 0 Å². The Morgan fingerprint density at radius 3 is 2.26 bits per heavy atom. The Morgan fingerprint density at radius 2 is 1.74 bits per heavy atom. The summed E-state index contributed by atoms with van der Waals surface area (Å²) >= 11 is 0. The lowest BCUT2D eigenvalue weighted by molar-refractivity contribution is -0.141. The number of hydrogen-bond acceptors (Lipinski definition) is 4. The van der Waals surface area contributed by atoms with Crippen LogP contribution in [0.3, 0.4) is 0 Å². The highest BCUT2D eigenvalue weighted by Gasteiger charge is 2.32. The van der Waals surface area contributed by atoms with E-state index >= 15 is 0 Å². The first kappa shape index (κ1) is 13.3. The van der Waals surface area contributed by atoms with E-state index in [0.29, 0.717) is 6.20 Å². The zero-order valence-corrected chi connectivity index (χ0v) is 10.2. The second-order valence-corrected chi connectivity index (χ2v) is 3.96. The Kier molecular flexibility index (Phi) is 3.37. The van der Waals surface area contributed by atoms with Gasteiger partial charge in [-0.25, -0.2) is 15.0 Å². The lowest BCUT2D eigenvalue weighted by Gasteiger charge is -2.07. The van der Waals surface area contributed by atoms with Crippen molar-refractivity contribution < 1.29 is 17.9 Å². The molecule has 2 rings (SSSR count). The van der Waals surface area contributed by atoms with Gasteiger partial charge in [0.25, 0.3) is 0 Å². The van der Waals surface area contributed by atoms with Gasteiger partial charge in [-0.2, -0.15) is 13.2 Å². The van der Waals surface area contributed by atoms with Gasteiger partial charge < -0.3 is 4.74 Å². The van der Waals surface area contributed by atoms with Crippen LogP contribution >= 0.6 is 0 Å². The molecule has 2 aromatic rings. The molecule has 2 heterocycles. The van der Waals surface area contributed by atoms with Crippen LogP contribution in [0.4, 0.5) is 13.2 Å². The minimum atomic E-state index is -4.51. The number of aromatic nitrogens is 3. The van der Waals surface area contributed by atoms with E-state index in [4.69, 9.17) is 4.74 Å². The summed E-state index contributed by atoms with van der Waals surface area (Å²) in [5.74, 6) is 0.233. The van der Waals surface area contributed by atoms with Gasteiger partial charge in [0, 0.05) is 11.8 Å². The first-order valence-electron chi connectivity index (χ1n) is 5.37. The van der Waals surface area contributed by atoms with Crippen molar-refractivity contribution >= 4 is 0 Å². The van der Waals surface area contributed by atoms with Crippen LogP contribution < -0.4 is 4.74 Å². The van der Waals surface area contributed by atoms with Crippen molar-refractivity contribution in [1.29, 1.82) is 0 Å². The molecule has 0 unspecified atom stereocenters. The second-order valence-electron chi connectivity index (χ2n) is 3.96. The van der Waals surface area contributed by atoms with E-state index in [2.05, 4.69) is 15.0 Å². The topological polar surface area (TPSA) is 47.9 Å². The van der Waals surface area contributed by atoms with E-state index in [1.807, 2.05) is 13.0 Å². The van der Waals surface area contributed by atoms with Crippen molar-refractivity contribution in [1.82, 2.24) is 15.0 Å². The molecule has 19 heavy (non-hydrogen) atoms. The maximum atomic E-state index is 12.3. The molecule has 0 spiro atoms. The number of alkyl halides is 3. The van der Waals surface area contributed by atoms with E-state index in [1.165, 1.54) is 0 Å². The van der Waals surface area contributed by atoms with Crippen LogP contribution in [0.1, 0.15) is 17.0 Å². The average Bonchev–Trinajstić information content (AvgIpc) is 2.26. The fraction of sp³-hybridized carbons (Fsp3) is 0.250. The van der Waals surface area contributed by atoms with Crippen LogP contribution in [0, 0.1) is 13.8 Å². The smallest absolute Gasteiger partial charge is 0.419 e. The largest absolute Gasteiger partial charge is 0.434 e. The fourth-order valence-electron chi connectivity index (χ4n) is 1.48. The molecule has 100 valence electrons. The quantitative estimate of drug-likeness (QED) is 0.839. The van der Waals surface area contributed by atoms with Crippen molar-refractivity contribution in [3.8, 4) is 11.8 Å². The summed E-state index contributed by atoms with van der Waals surface area (Å²) in [6, 6.07) is 3.51. The van der Waals surface area contributed by atoms with Gasteiger partial charge in [0.1, 0.15) is 0 Å². The highest BCUT2D eigenvalue weighted by Crippen LogP contribution is 2.27. The van der Waals surface area contributed by atoms with Crippen LogP contribution in [-0.4, -0.2) is 15.0 Å². The summed E-state index contributed by atoms with van der Waals surface area (Å²) in [6.45, 7) is 3.65. The van der Waals surface area contributed by atoms with Gasteiger partial charge in [-0.05, 0) is 25.5 Å². The van der Waals surface area contributed by atoms with Gasteiger partial charge in [0.05, 0.1) is 12.4 Å². The van der Waals surface area contributed by atoms with Crippen LogP contribution in [0.5, 0.6) is 11.8 Å². The van der Waals surface area contributed by atoms with Gasteiger partial charge in [-0.3, -0.25) is 0 Å². The fourth-order valence-corrected chi connectivity index (χ4v) is 1.48. The third-order valence-corrected chi connectivity index (χ3v) is 2.20. The highest BCUT2D eigenvalue weighted by atomic mass is 19.4. The third-order valence-electron chi connectivity index (χ3n) is 2.20. The molecular weight excluding hydrogens is 259 g/mol. The van der Waals surface area contributed by atoms with E-state index in [-0.39, 0.29) is 11.8 Å². The third kappa shape index (κ3) is 3.40. The van der Waals surface area contributed by atoms with Crippen molar-refractivity contribution in [3.63, 3.8) is 0 Å². The molecule has 0 saturated heterocycles. The second kappa shape index (κ2) is 4.83. The van der Waals surface area contributed by atoms with E-state index in [1.54, 1.807) is 13.0 Å². The maximum absolute atomic E-state index is 12.3. The molecule has 0 aliphatic heterocycles. The van der Waals surface area contributed by atoms with Crippen molar-refractivity contribution in [3.05, 3.63) is 41.5 Å². The number of pyridine rings is 1. The minimum Gasteiger partial charge on any atom is -0.419 e. The Bertz CT molecular complexity index is 562. The normalized spacial score (nSPS) is 11.4. The molecule has 0 atom stereocenters. The summed E-state index contributed by atoms with van der Waals surface area (Å²) in [4.78, 5) is 10.9. The van der Waals surface area contributed by atoms with Crippen LogP contribution in [0.2, 0.25) is 0 Å². The Balaban J connectivity index is 2.20. The van der Waals surface area contributed by atoms with Gasteiger partial charge in [-0.1, -0.05) is 0 Å². The lowest BCUT2D eigenvalue weighted by Crippen LogP contribution is -2.08. The monoisotopic (exact) mass is 269 g/mol. The SMILES string of the molecule is Cc1cc(C)nc(Oc2cnc(C(F)(F)F)cn2)c1. The number of rotatable bonds is 2. The Morgan fingerprint density at radius 1 is 1.00 bits per heavy atom. The maximum Gasteiger partial charge on any atom is 0.434 e. The molecule has 0 amide bonds. The molecule has 0 fully saturated rings. The van der Waals surface area contributed by atoms with Crippen molar-refractivity contribution in [2.24, 2.45) is 0 Å². The predicted octanol–water partition coefficient (Wildman–Crippen LogP) is 3.30. The van der Waals surface area contributed by atoms with Crippen molar-refractivity contribution in [2.75, 3.05) is 0 Å². The molecule has 2 aromatic heterocycles. The zero-order chi connectivity index (χ0) is 14.0. The van der Waals surface area contributed by atoms with Gasteiger partial charge in [0.2, 0.25) is 11.8 Å². The number of ether oxygens (including phenoxy) is 1. The number of hydrogen-bond donors (Lipinski definition) is 0. The van der Waals surface area contributed by atoms with Gasteiger partial charge >= 0.3 is 6.18 Å². The molecule has 0 saturated carbocycles. The first-order chi connectivity index (χ1) is 8.84. The zero-order valence-electron chi connectivity index (χ0n) is 10.2. The summed E-state index contributed by atoms with van der Waals surface area (Å²) in [6.07, 6.45) is -2.97. The molecule has 0 bridgehead atoms. The lowest BCUT2D eigenvalue weighted by atomic mass is 10.2. The molecule has 0 aliphatic rings. The Labute approximate surface area is 107 Å². The highest BCUT2D eigenvalue weighted by molar-refractivity contribution is 5.26. The number of halogens is 3. The van der Waals surface area contributed by atoms with Crippen LogP contribution in [-0.2, 0) is 6.18 Å². The average molecular weight is 269 g/mol. The van der Waals surface area contributed by atoms with Gasteiger partial charge in [0.15, 0.2) is 5.69 Å². The van der Waals surface area contributed by atoms with Crippen molar-refractivity contribution in [2.45, 2.75) is 20.0 Å². The summed E-state index contributed by atoms with van der Waals surface area (Å²) < 4.78 is 42.1. The number of nitrogens with zero attached hydrogens (tertiary/aromatic N) is 3. The molecule has 0 aliphatic carbocycles. The summed E-state index contributed by atoms with van der Waals surface area (Å²) in [5.41, 5.74) is 0.616. The molecule has 0 N–H and O–H groups in total. The predicted molar refractivity (Wildman–Crippen MR) is 60.8 cm³/mol. The van der Waals surface area contributed by atoms with Crippen LogP contribution in [0.25, 0.3) is 0 Å². The van der Waals surface area contributed by atoms with E-state index in [0.717, 1.165) is 17.5 Å². The van der Waals surface area contributed by atoms with E-state index < -0.39 is 11.9 Å². The minimum absolute atomic E-state index is 0.0366. The molecule has 4 nitrogen and oxygen atoms in total. The summed E-state index contributed by atoms with van der Waals surface area (Å²) in [7, 11) is 0. The molecule has 7 heteroatoms. The molecular formula is C12H10F3N3O. The van der Waals surface area contributed by atoms with Crippen LogP contribution in [0.15, 0.2) is 24.5 Å². The number of aryl methyl sites for hydroxylation is 2. The Hall–Kier alpha value is -2.18. The molecule has 0 aromatic carbocycles. The first-order valence-corrected chi connectivity index (χ1v) is 5.37. The summed E-state index contributed by atoms with van der Waals surface area (Å²) in [5, 5.41) is 0. The standard InChI is InChI=1S/C12H10F3N3O/c1-7-3-8(2)18-10(4-7)19-11-6-16-9(5-17-11)12(13,14)15/h3-6H,1-2H3. The van der Waals surface area contributed by atoms with E-state index in [9.17, 15) is 13.2 Å².